The summed E-state index contributed by atoms with van der Waals surface area (Å²) in [4.78, 5) is 20.0. The minimum Gasteiger partial charge on any atom is -0.461 e. The van der Waals surface area contributed by atoms with Crippen LogP contribution in [0.5, 0.6) is 0 Å². The van der Waals surface area contributed by atoms with Crippen molar-refractivity contribution in [2.24, 2.45) is 0 Å². The largest absolute Gasteiger partial charge is 0.461 e. The Hall–Kier alpha value is -2.41. The molecule has 3 heterocycles. The lowest BCUT2D eigenvalue weighted by Gasteiger charge is -1.97. The molecule has 0 saturated heterocycles. The van der Waals surface area contributed by atoms with Crippen LogP contribution in [0.1, 0.15) is 23.1 Å². The molecule has 7 nitrogen and oxygen atoms in total. The van der Waals surface area contributed by atoms with Crippen LogP contribution in [-0.4, -0.2) is 36.7 Å². The van der Waals surface area contributed by atoms with E-state index in [1.165, 1.54) is 0 Å². The number of aromatic nitrogens is 5. The first-order chi connectivity index (χ1) is 10.2. The Bertz CT molecular complexity index is 795. The molecule has 3 aromatic heterocycles. The van der Waals surface area contributed by atoms with E-state index in [-0.39, 0.29) is 5.69 Å². The normalized spacial score (nSPS) is 11.0. The Labute approximate surface area is 125 Å². The summed E-state index contributed by atoms with van der Waals surface area (Å²) in [6.45, 7) is 2.56. The van der Waals surface area contributed by atoms with Crippen molar-refractivity contribution in [3.05, 3.63) is 47.4 Å². The molecule has 0 unspecified atom stereocenters. The highest BCUT2D eigenvalue weighted by molar-refractivity contribution is 6.29. The van der Waals surface area contributed by atoms with Crippen LogP contribution < -0.4 is 0 Å². The standard InChI is InChI=1S/C13H12ClN5O2/c1-2-21-13(20)10-7-18(8-15-10)5-9-6-19-12(16-9)4-3-11(14)17-19/h3-4,6-8H,2,5H2,1H3. The SMILES string of the molecule is CCOC(=O)c1cn(Cc2cn3nc(Cl)ccc3n2)cn1. The van der Waals surface area contributed by atoms with Gasteiger partial charge < -0.3 is 9.30 Å². The lowest BCUT2D eigenvalue weighted by atomic mass is 10.4. The van der Waals surface area contributed by atoms with Gasteiger partial charge in [0.15, 0.2) is 11.3 Å². The van der Waals surface area contributed by atoms with Crippen LogP contribution in [0, 0.1) is 0 Å². The van der Waals surface area contributed by atoms with Crippen LogP contribution in [0.4, 0.5) is 0 Å². The molecular formula is C13H12ClN5O2. The predicted molar refractivity (Wildman–Crippen MR) is 75.3 cm³/mol. The van der Waals surface area contributed by atoms with Gasteiger partial charge in [0.25, 0.3) is 0 Å². The monoisotopic (exact) mass is 305 g/mol. The van der Waals surface area contributed by atoms with Gasteiger partial charge in [0.1, 0.15) is 5.15 Å². The van der Waals surface area contributed by atoms with Gasteiger partial charge in [-0.25, -0.2) is 19.3 Å². The minimum atomic E-state index is -0.431. The first-order valence-electron chi connectivity index (χ1n) is 6.35. The van der Waals surface area contributed by atoms with Gasteiger partial charge >= 0.3 is 5.97 Å². The van der Waals surface area contributed by atoms with Crippen molar-refractivity contribution in [2.45, 2.75) is 13.5 Å². The molecule has 0 aliphatic heterocycles. The van der Waals surface area contributed by atoms with E-state index in [2.05, 4.69) is 15.1 Å². The van der Waals surface area contributed by atoms with Gasteiger partial charge in [0, 0.05) is 6.20 Å². The molecule has 0 fully saturated rings. The van der Waals surface area contributed by atoms with E-state index in [1.54, 1.807) is 46.9 Å². The maximum Gasteiger partial charge on any atom is 0.358 e. The second-order valence-electron chi connectivity index (χ2n) is 4.34. The maximum atomic E-state index is 11.5. The van der Waals surface area contributed by atoms with Crippen molar-refractivity contribution in [3.8, 4) is 0 Å². The van der Waals surface area contributed by atoms with Gasteiger partial charge in [-0.2, -0.15) is 5.10 Å². The Morgan fingerprint density at radius 3 is 3.05 bits per heavy atom. The summed E-state index contributed by atoms with van der Waals surface area (Å²) in [5, 5.41) is 4.52. The lowest BCUT2D eigenvalue weighted by Crippen LogP contribution is -2.05. The van der Waals surface area contributed by atoms with E-state index in [9.17, 15) is 4.79 Å². The summed E-state index contributed by atoms with van der Waals surface area (Å²) in [6, 6.07) is 3.47. The van der Waals surface area contributed by atoms with Crippen molar-refractivity contribution >= 4 is 23.2 Å². The zero-order valence-corrected chi connectivity index (χ0v) is 12.0. The van der Waals surface area contributed by atoms with Crippen molar-refractivity contribution in [1.29, 1.82) is 0 Å². The second-order valence-corrected chi connectivity index (χ2v) is 4.73. The zero-order valence-electron chi connectivity index (χ0n) is 11.2. The van der Waals surface area contributed by atoms with E-state index in [0.29, 0.717) is 24.0 Å². The number of hydrogen-bond donors (Lipinski definition) is 0. The van der Waals surface area contributed by atoms with Gasteiger partial charge in [-0.05, 0) is 19.1 Å². The topological polar surface area (TPSA) is 74.3 Å². The van der Waals surface area contributed by atoms with Crippen LogP contribution >= 0.6 is 11.6 Å². The zero-order chi connectivity index (χ0) is 14.8. The molecule has 3 aromatic rings. The van der Waals surface area contributed by atoms with E-state index in [1.807, 2.05) is 0 Å². The highest BCUT2D eigenvalue weighted by Gasteiger charge is 2.11. The van der Waals surface area contributed by atoms with Crippen LogP contribution in [-0.2, 0) is 11.3 Å². The number of fused-ring (bicyclic) bond motifs is 1. The number of ether oxygens (including phenoxy) is 1. The Kier molecular flexibility index (Phi) is 3.57. The molecule has 21 heavy (non-hydrogen) atoms. The van der Waals surface area contributed by atoms with Crippen molar-refractivity contribution in [2.75, 3.05) is 6.61 Å². The Balaban J connectivity index is 1.80. The lowest BCUT2D eigenvalue weighted by molar-refractivity contribution is 0.0520. The fraction of sp³-hybridized carbons (Fsp3) is 0.231. The van der Waals surface area contributed by atoms with E-state index in [0.717, 1.165) is 5.69 Å². The molecule has 0 saturated carbocycles. The number of imidazole rings is 2. The van der Waals surface area contributed by atoms with Crippen molar-refractivity contribution < 1.29 is 9.53 Å². The molecule has 0 N–H and O–H groups in total. The number of halogens is 1. The molecule has 0 spiro atoms. The molecule has 3 rings (SSSR count). The average Bonchev–Trinajstić information content (AvgIpc) is 3.05. The summed E-state index contributed by atoms with van der Waals surface area (Å²) in [6.07, 6.45) is 4.98. The molecule has 0 aromatic carbocycles. The summed E-state index contributed by atoms with van der Waals surface area (Å²) in [5.74, 6) is -0.431. The third-order valence-electron chi connectivity index (χ3n) is 2.80. The van der Waals surface area contributed by atoms with Crippen LogP contribution in [0.15, 0.2) is 30.9 Å². The average molecular weight is 306 g/mol. The van der Waals surface area contributed by atoms with Crippen LogP contribution in [0.2, 0.25) is 5.15 Å². The number of esters is 1. The van der Waals surface area contributed by atoms with Gasteiger partial charge in [0.2, 0.25) is 0 Å². The number of carbonyl (C=O) groups is 1. The molecule has 0 atom stereocenters. The van der Waals surface area contributed by atoms with Gasteiger partial charge in [-0.3, -0.25) is 0 Å². The van der Waals surface area contributed by atoms with E-state index >= 15 is 0 Å². The Morgan fingerprint density at radius 1 is 1.38 bits per heavy atom. The van der Waals surface area contributed by atoms with Gasteiger partial charge in [0.05, 0.1) is 31.4 Å². The quantitative estimate of drug-likeness (QED) is 0.687. The molecule has 0 amide bonds. The van der Waals surface area contributed by atoms with Crippen LogP contribution in [0.3, 0.4) is 0 Å². The molecule has 0 bridgehead atoms. The fourth-order valence-corrected chi connectivity index (χ4v) is 2.07. The molecule has 0 aliphatic carbocycles. The van der Waals surface area contributed by atoms with Gasteiger partial charge in [-0.1, -0.05) is 11.6 Å². The molecular weight excluding hydrogens is 294 g/mol. The first kappa shape index (κ1) is 13.6. The summed E-state index contributed by atoms with van der Waals surface area (Å²) in [7, 11) is 0. The third-order valence-corrected chi connectivity index (χ3v) is 3.00. The third kappa shape index (κ3) is 2.87. The molecule has 0 radical (unpaired) electrons. The summed E-state index contributed by atoms with van der Waals surface area (Å²) >= 11 is 5.83. The molecule has 8 heteroatoms. The van der Waals surface area contributed by atoms with E-state index in [4.69, 9.17) is 16.3 Å². The Morgan fingerprint density at radius 2 is 2.24 bits per heavy atom. The van der Waals surface area contributed by atoms with E-state index < -0.39 is 5.97 Å². The number of rotatable bonds is 4. The predicted octanol–water partition coefficient (Wildman–Crippen LogP) is 1.80. The first-order valence-corrected chi connectivity index (χ1v) is 6.73. The smallest absolute Gasteiger partial charge is 0.358 e. The summed E-state index contributed by atoms with van der Waals surface area (Å²) in [5.41, 5.74) is 1.78. The van der Waals surface area contributed by atoms with Crippen molar-refractivity contribution in [1.82, 2.24) is 24.1 Å². The number of carbonyl (C=O) groups excluding carboxylic acids is 1. The second kappa shape index (κ2) is 5.53. The van der Waals surface area contributed by atoms with Crippen LogP contribution in [0.25, 0.3) is 5.65 Å². The molecule has 0 aliphatic rings. The number of nitrogens with zero attached hydrogens (tertiary/aromatic N) is 5. The number of hydrogen-bond acceptors (Lipinski definition) is 5. The summed E-state index contributed by atoms with van der Waals surface area (Å²) < 4.78 is 8.27. The maximum absolute atomic E-state index is 11.5. The van der Waals surface area contributed by atoms with Gasteiger partial charge in [-0.15, -0.1) is 0 Å². The minimum absolute atomic E-state index is 0.279. The molecule has 108 valence electrons. The fourth-order valence-electron chi connectivity index (χ4n) is 1.93. The highest BCUT2D eigenvalue weighted by atomic mass is 35.5. The van der Waals surface area contributed by atoms with Crippen molar-refractivity contribution in [3.63, 3.8) is 0 Å². The highest BCUT2D eigenvalue weighted by Crippen LogP contribution is 2.09.